The van der Waals surface area contributed by atoms with Crippen LogP contribution >= 0.6 is 11.6 Å². The smallest absolute Gasteiger partial charge is 0.142 e. The second-order valence-corrected chi connectivity index (χ2v) is 3.80. The van der Waals surface area contributed by atoms with Crippen LogP contribution in [0.3, 0.4) is 0 Å². The summed E-state index contributed by atoms with van der Waals surface area (Å²) in [5, 5.41) is 8.55. The monoisotopic (exact) mass is 226 g/mol. The van der Waals surface area contributed by atoms with E-state index in [0.717, 1.165) is 5.56 Å². The highest BCUT2D eigenvalue weighted by Crippen LogP contribution is 2.16. The van der Waals surface area contributed by atoms with Crippen LogP contribution in [-0.2, 0) is 6.54 Å². The Bertz CT molecular complexity index is 373. The molecule has 0 bridgehead atoms. The van der Waals surface area contributed by atoms with E-state index >= 15 is 0 Å². The summed E-state index contributed by atoms with van der Waals surface area (Å²) in [4.78, 5) is 1.96. The summed E-state index contributed by atoms with van der Waals surface area (Å²) in [6.45, 7) is 1.30. The number of nitriles is 1. The largest absolute Gasteiger partial charge is 0.301 e. The first-order valence-corrected chi connectivity index (χ1v) is 5.00. The molecule has 0 spiro atoms. The van der Waals surface area contributed by atoms with Crippen molar-refractivity contribution in [1.82, 2.24) is 4.90 Å². The molecule has 0 aliphatic heterocycles. The number of halogens is 2. The first-order valence-electron chi connectivity index (χ1n) is 4.63. The maximum absolute atomic E-state index is 13.1. The van der Waals surface area contributed by atoms with Crippen molar-refractivity contribution in [3.05, 3.63) is 34.6 Å². The summed E-state index contributed by atoms with van der Waals surface area (Å²) in [5.41, 5.74) is 0.859. The fourth-order valence-corrected chi connectivity index (χ4v) is 1.39. The maximum atomic E-state index is 13.1. The summed E-state index contributed by atoms with van der Waals surface area (Å²) >= 11 is 5.57. The topological polar surface area (TPSA) is 27.0 Å². The van der Waals surface area contributed by atoms with Crippen molar-refractivity contribution in [2.75, 3.05) is 13.6 Å². The Labute approximate surface area is 93.9 Å². The Morgan fingerprint density at radius 3 is 2.87 bits per heavy atom. The number of rotatable bonds is 4. The SMILES string of the molecule is CN(CCC#N)Cc1ccc(Cl)c(F)c1. The number of nitrogens with zero attached hydrogens (tertiary/aromatic N) is 2. The number of hydrogen-bond donors (Lipinski definition) is 0. The van der Waals surface area contributed by atoms with E-state index in [2.05, 4.69) is 6.07 Å². The summed E-state index contributed by atoms with van der Waals surface area (Å²) < 4.78 is 13.1. The molecule has 0 radical (unpaired) electrons. The third-order valence-corrected chi connectivity index (χ3v) is 2.35. The average molecular weight is 227 g/mol. The lowest BCUT2D eigenvalue weighted by molar-refractivity contribution is 0.334. The normalized spacial score (nSPS) is 10.3. The predicted molar refractivity (Wildman–Crippen MR) is 58.0 cm³/mol. The van der Waals surface area contributed by atoms with Crippen LogP contribution in [0.15, 0.2) is 18.2 Å². The third-order valence-electron chi connectivity index (χ3n) is 2.04. The molecule has 0 aliphatic carbocycles. The zero-order valence-corrected chi connectivity index (χ0v) is 9.26. The van der Waals surface area contributed by atoms with E-state index < -0.39 is 5.82 Å². The van der Waals surface area contributed by atoms with Gasteiger partial charge in [-0.25, -0.2) is 4.39 Å². The van der Waals surface area contributed by atoms with Crippen LogP contribution in [0, 0.1) is 17.1 Å². The molecule has 0 unspecified atom stereocenters. The fourth-order valence-electron chi connectivity index (χ4n) is 1.27. The molecular formula is C11H12ClFN2. The molecule has 0 aliphatic rings. The van der Waals surface area contributed by atoms with Gasteiger partial charge in [-0.05, 0) is 24.7 Å². The van der Waals surface area contributed by atoms with Crippen molar-refractivity contribution in [2.45, 2.75) is 13.0 Å². The summed E-state index contributed by atoms with van der Waals surface area (Å²) in [6, 6.07) is 6.82. The van der Waals surface area contributed by atoms with E-state index in [9.17, 15) is 4.39 Å². The Morgan fingerprint density at radius 1 is 1.53 bits per heavy atom. The van der Waals surface area contributed by atoms with Crippen LogP contribution in [0.5, 0.6) is 0 Å². The Balaban J connectivity index is 2.57. The highest BCUT2D eigenvalue weighted by atomic mass is 35.5. The van der Waals surface area contributed by atoms with E-state index in [0.29, 0.717) is 19.5 Å². The zero-order valence-electron chi connectivity index (χ0n) is 8.50. The van der Waals surface area contributed by atoms with Crippen LogP contribution < -0.4 is 0 Å². The van der Waals surface area contributed by atoms with Gasteiger partial charge in [0, 0.05) is 19.5 Å². The Hall–Kier alpha value is -1.11. The summed E-state index contributed by atoms with van der Waals surface area (Å²) in [5.74, 6) is -0.400. The first kappa shape index (κ1) is 12.0. The van der Waals surface area contributed by atoms with Gasteiger partial charge < -0.3 is 4.90 Å². The molecule has 0 fully saturated rings. The van der Waals surface area contributed by atoms with Gasteiger partial charge in [-0.15, -0.1) is 0 Å². The van der Waals surface area contributed by atoms with Crippen LogP contribution in [0.4, 0.5) is 4.39 Å². The lowest BCUT2D eigenvalue weighted by Gasteiger charge is -2.14. The van der Waals surface area contributed by atoms with E-state index in [-0.39, 0.29) is 5.02 Å². The van der Waals surface area contributed by atoms with Crippen molar-refractivity contribution in [2.24, 2.45) is 0 Å². The predicted octanol–water partition coefficient (Wildman–Crippen LogP) is 2.82. The van der Waals surface area contributed by atoms with E-state index in [1.54, 1.807) is 12.1 Å². The molecule has 15 heavy (non-hydrogen) atoms. The van der Waals surface area contributed by atoms with Gasteiger partial charge in [0.2, 0.25) is 0 Å². The summed E-state index contributed by atoms with van der Waals surface area (Å²) in [7, 11) is 1.89. The molecule has 0 amide bonds. The number of hydrogen-bond acceptors (Lipinski definition) is 2. The molecule has 1 aromatic rings. The lowest BCUT2D eigenvalue weighted by atomic mass is 10.2. The van der Waals surface area contributed by atoms with Crippen molar-refractivity contribution in [3.63, 3.8) is 0 Å². The second-order valence-electron chi connectivity index (χ2n) is 3.39. The molecular weight excluding hydrogens is 215 g/mol. The second kappa shape index (κ2) is 5.69. The van der Waals surface area contributed by atoms with Gasteiger partial charge in [0.15, 0.2) is 0 Å². The van der Waals surface area contributed by atoms with Gasteiger partial charge in [-0.2, -0.15) is 5.26 Å². The van der Waals surface area contributed by atoms with E-state index in [1.165, 1.54) is 6.07 Å². The van der Waals surface area contributed by atoms with Crippen molar-refractivity contribution in [3.8, 4) is 6.07 Å². The van der Waals surface area contributed by atoms with Crippen molar-refractivity contribution < 1.29 is 4.39 Å². The molecule has 1 aromatic carbocycles. The van der Waals surface area contributed by atoms with Crippen LogP contribution in [0.25, 0.3) is 0 Å². The average Bonchev–Trinajstić information content (AvgIpc) is 2.20. The minimum atomic E-state index is -0.400. The van der Waals surface area contributed by atoms with Gasteiger partial charge in [-0.1, -0.05) is 17.7 Å². The fraction of sp³-hybridized carbons (Fsp3) is 0.364. The van der Waals surface area contributed by atoms with Crippen LogP contribution in [-0.4, -0.2) is 18.5 Å². The highest BCUT2D eigenvalue weighted by Gasteiger charge is 2.03. The molecule has 80 valence electrons. The molecule has 0 N–H and O–H groups in total. The molecule has 0 heterocycles. The number of benzene rings is 1. The van der Waals surface area contributed by atoms with Gasteiger partial charge >= 0.3 is 0 Å². The quantitative estimate of drug-likeness (QED) is 0.790. The van der Waals surface area contributed by atoms with Crippen LogP contribution in [0.1, 0.15) is 12.0 Å². The van der Waals surface area contributed by atoms with Gasteiger partial charge in [0.05, 0.1) is 11.1 Å². The summed E-state index contributed by atoms with van der Waals surface area (Å²) in [6.07, 6.45) is 0.479. The Kier molecular flexibility index (Phi) is 4.54. The zero-order chi connectivity index (χ0) is 11.3. The molecule has 0 saturated carbocycles. The molecule has 0 saturated heterocycles. The standard InChI is InChI=1S/C11H12ClFN2/c1-15(6-2-5-14)8-9-3-4-10(12)11(13)7-9/h3-4,7H,2,6,8H2,1H3. The maximum Gasteiger partial charge on any atom is 0.142 e. The van der Waals surface area contributed by atoms with E-state index in [4.69, 9.17) is 16.9 Å². The van der Waals surface area contributed by atoms with Gasteiger partial charge in [0.1, 0.15) is 5.82 Å². The minimum absolute atomic E-state index is 0.137. The van der Waals surface area contributed by atoms with E-state index in [1.807, 2.05) is 11.9 Å². The Morgan fingerprint density at radius 2 is 2.27 bits per heavy atom. The lowest BCUT2D eigenvalue weighted by Crippen LogP contribution is -2.18. The van der Waals surface area contributed by atoms with Crippen molar-refractivity contribution >= 4 is 11.6 Å². The molecule has 1 rings (SSSR count). The third kappa shape index (κ3) is 3.86. The van der Waals surface area contributed by atoms with Crippen LogP contribution in [0.2, 0.25) is 5.02 Å². The first-order chi connectivity index (χ1) is 7.13. The van der Waals surface area contributed by atoms with Gasteiger partial charge in [0.25, 0.3) is 0 Å². The van der Waals surface area contributed by atoms with Crippen molar-refractivity contribution in [1.29, 1.82) is 5.26 Å². The molecule has 4 heteroatoms. The molecule has 2 nitrogen and oxygen atoms in total. The van der Waals surface area contributed by atoms with Gasteiger partial charge in [-0.3, -0.25) is 0 Å². The highest BCUT2D eigenvalue weighted by molar-refractivity contribution is 6.30. The molecule has 0 atom stereocenters. The molecule has 0 aromatic heterocycles. The minimum Gasteiger partial charge on any atom is -0.301 e.